The van der Waals surface area contributed by atoms with Crippen LogP contribution in [0.15, 0.2) is 50.7 Å². The molecule has 0 aliphatic carbocycles. The highest BCUT2D eigenvalue weighted by atomic mass is 79.9. The molecule has 0 aliphatic heterocycles. The summed E-state index contributed by atoms with van der Waals surface area (Å²) in [5.41, 5.74) is 0.861. The molecule has 0 spiro atoms. The van der Waals surface area contributed by atoms with Crippen LogP contribution in [-0.2, 0) is 6.54 Å². The molecule has 2 aromatic carbocycles. The number of aromatic amines is 1. The third-order valence-electron chi connectivity index (χ3n) is 3.98. The van der Waals surface area contributed by atoms with E-state index < -0.39 is 0 Å². The number of rotatable bonds is 6. The molecule has 3 N–H and O–H groups in total. The zero-order valence-electron chi connectivity index (χ0n) is 14.7. The van der Waals surface area contributed by atoms with E-state index in [1.165, 1.54) is 6.21 Å². The normalized spacial score (nSPS) is 11.3. The van der Waals surface area contributed by atoms with Gasteiger partial charge in [-0.05, 0) is 42.3 Å². The maximum atomic E-state index is 12.0. The zero-order valence-corrected chi connectivity index (χ0v) is 16.3. The van der Waals surface area contributed by atoms with Crippen molar-refractivity contribution in [1.82, 2.24) is 4.98 Å². The quantitative estimate of drug-likeness (QED) is 0.512. The van der Waals surface area contributed by atoms with Crippen LogP contribution < -0.4 is 10.3 Å². The molecule has 0 saturated carbocycles. The minimum Gasteiger partial charge on any atom is -0.504 e. The molecule has 1 heterocycles. The molecule has 0 amide bonds. The Morgan fingerprint density at radius 2 is 2.00 bits per heavy atom. The SMILES string of the molecule is CCCOc1ccc(CN=Cc2c(O)[nH]c(=O)c3ccc(Br)cc23)cc1O. The molecule has 0 atom stereocenters. The first kappa shape index (κ1) is 19.0. The number of hydrogen-bond acceptors (Lipinski definition) is 5. The van der Waals surface area contributed by atoms with Gasteiger partial charge in [0.2, 0.25) is 5.88 Å². The van der Waals surface area contributed by atoms with E-state index >= 15 is 0 Å². The first-order valence-electron chi connectivity index (χ1n) is 8.48. The Morgan fingerprint density at radius 1 is 1.19 bits per heavy atom. The van der Waals surface area contributed by atoms with E-state index in [-0.39, 0.29) is 17.2 Å². The molecule has 7 heteroatoms. The van der Waals surface area contributed by atoms with E-state index in [1.54, 1.807) is 30.3 Å². The first-order valence-corrected chi connectivity index (χ1v) is 9.28. The standard InChI is InChI=1S/C20H19BrN2O4/c1-2-7-27-18-6-3-12(8-17(18)24)10-22-11-16-15-9-13(21)4-5-14(15)19(25)23-20(16)26/h3-6,8-9,11,24H,2,7,10H2,1H3,(H2,23,25,26). The van der Waals surface area contributed by atoms with Crippen molar-refractivity contribution in [1.29, 1.82) is 0 Å². The molecule has 6 nitrogen and oxygen atoms in total. The van der Waals surface area contributed by atoms with Crippen molar-refractivity contribution in [3.8, 4) is 17.4 Å². The van der Waals surface area contributed by atoms with Crippen molar-refractivity contribution in [3.05, 3.63) is 62.4 Å². The zero-order chi connectivity index (χ0) is 19.4. The van der Waals surface area contributed by atoms with Gasteiger partial charge in [-0.15, -0.1) is 0 Å². The molecular formula is C20H19BrN2O4. The van der Waals surface area contributed by atoms with E-state index in [1.807, 2.05) is 13.0 Å². The number of phenols is 1. The smallest absolute Gasteiger partial charge is 0.258 e. The minimum atomic E-state index is -0.361. The third-order valence-corrected chi connectivity index (χ3v) is 4.48. The van der Waals surface area contributed by atoms with E-state index in [2.05, 4.69) is 25.9 Å². The second-order valence-corrected chi connectivity index (χ2v) is 6.94. The number of aromatic nitrogens is 1. The van der Waals surface area contributed by atoms with Gasteiger partial charge in [0.25, 0.3) is 5.56 Å². The van der Waals surface area contributed by atoms with Crippen LogP contribution in [0, 0.1) is 0 Å². The summed E-state index contributed by atoms with van der Waals surface area (Å²) in [6.45, 7) is 2.84. The van der Waals surface area contributed by atoms with Crippen LogP contribution in [0.5, 0.6) is 17.4 Å². The number of nitrogens with one attached hydrogen (secondary N) is 1. The molecule has 0 unspecified atom stereocenters. The van der Waals surface area contributed by atoms with E-state index in [0.717, 1.165) is 16.5 Å². The fraction of sp³-hybridized carbons (Fsp3) is 0.200. The number of pyridine rings is 1. The summed E-state index contributed by atoms with van der Waals surface area (Å²) in [6, 6.07) is 10.3. The van der Waals surface area contributed by atoms with E-state index in [0.29, 0.717) is 35.2 Å². The van der Waals surface area contributed by atoms with E-state index in [4.69, 9.17) is 4.74 Å². The van der Waals surface area contributed by atoms with Gasteiger partial charge in [0.1, 0.15) is 0 Å². The summed E-state index contributed by atoms with van der Waals surface area (Å²) >= 11 is 3.38. The van der Waals surface area contributed by atoms with Gasteiger partial charge in [-0.1, -0.05) is 28.9 Å². The predicted molar refractivity (Wildman–Crippen MR) is 109 cm³/mol. The Morgan fingerprint density at radius 3 is 2.74 bits per heavy atom. The van der Waals surface area contributed by atoms with Crippen molar-refractivity contribution in [2.75, 3.05) is 6.61 Å². The van der Waals surface area contributed by atoms with Crippen molar-refractivity contribution < 1.29 is 14.9 Å². The Kier molecular flexibility index (Phi) is 5.81. The van der Waals surface area contributed by atoms with E-state index in [9.17, 15) is 15.0 Å². The van der Waals surface area contributed by atoms with Crippen LogP contribution in [0.2, 0.25) is 0 Å². The van der Waals surface area contributed by atoms with Gasteiger partial charge >= 0.3 is 0 Å². The molecule has 0 radical (unpaired) electrons. The maximum absolute atomic E-state index is 12.0. The minimum absolute atomic E-state index is 0.0671. The summed E-state index contributed by atoms with van der Waals surface area (Å²) in [5.74, 6) is 0.275. The lowest BCUT2D eigenvalue weighted by Crippen LogP contribution is -2.08. The number of H-pyrrole nitrogens is 1. The molecule has 0 bridgehead atoms. The van der Waals surface area contributed by atoms with Crippen molar-refractivity contribution in [2.45, 2.75) is 19.9 Å². The summed E-state index contributed by atoms with van der Waals surface area (Å²) in [7, 11) is 0. The molecule has 140 valence electrons. The van der Waals surface area contributed by atoms with Crippen LogP contribution >= 0.6 is 15.9 Å². The molecule has 0 fully saturated rings. The molecule has 3 rings (SSSR count). The van der Waals surface area contributed by atoms with Crippen LogP contribution in [0.3, 0.4) is 0 Å². The van der Waals surface area contributed by atoms with Crippen LogP contribution in [0.25, 0.3) is 10.8 Å². The van der Waals surface area contributed by atoms with Crippen molar-refractivity contribution >= 4 is 32.9 Å². The first-order chi connectivity index (χ1) is 13.0. The van der Waals surface area contributed by atoms with Crippen LogP contribution in [0.4, 0.5) is 0 Å². The highest BCUT2D eigenvalue weighted by Gasteiger charge is 2.10. The average Bonchev–Trinajstić information content (AvgIpc) is 2.63. The Balaban J connectivity index is 1.86. The number of ether oxygens (including phenoxy) is 1. The lowest BCUT2D eigenvalue weighted by Gasteiger charge is -2.08. The largest absolute Gasteiger partial charge is 0.504 e. The fourth-order valence-corrected chi connectivity index (χ4v) is 3.04. The van der Waals surface area contributed by atoms with Crippen molar-refractivity contribution in [3.63, 3.8) is 0 Å². The molecule has 0 saturated heterocycles. The summed E-state index contributed by atoms with van der Waals surface area (Å²) < 4.78 is 6.24. The van der Waals surface area contributed by atoms with Gasteiger partial charge in [-0.3, -0.25) is 14.8 Å². The predicted octanol–water partition coefficient (Wildman–Crippen LogP) is 4.11. The molecule has 0 aliphatic rings. The summed E-state index contributed by atoms with van der Waals surface area (Å²) in [4.78, 5) is 18.8. The summed E-state index contributed by atoms with van der Waals surface area (Å²) in [5, 5.41) is 21.2. The molecular weight excluding hydrogens is 412 g/mol. The highest BCUT2D eigenvalue weighted by molar-refractivity contribution is 9.10. The number of aromatic hydroxyl groups is 2. The number of benzene rings is 2. The van der Waals surface area contributed by atoms with Crippen LogP contribution in [-0.4, -0.2) is 28.0 Å². The Labute approximate surface area is 164 Å². The fourth-order valence-electron chi connectivity index (χ4n) is 2.68. The topological polar surface area (TPSA) is 94.9 Å². The number of fused-ring (bicyclic) bond motifs is 1. The van der Waals surface area contributed by atoms with Crippen LogP contribution in [0.1, 0.15) is 24.5 Å². The number of phenolic OH excluding ortho intramolecular Hbond substituents is 1. The lowest BCUT2D eigenvalue weighted by molar-refractivity contribution is 0.299. The number of aliphatic imine (C=N–C) groups is 1. The highest BCUT2D eigenvalue weighted by Crippen LogP contribution is 2.28. The number of nitrogens with zero attached hydrogens (tertiary/aromatic N) is 1. The van der Waals surface area contributed by atoms with Gasteiger partial charge in [-0.25, -0.2) is 0 Å². The molecule has 1 aromatic heterocycles. The molecule has 27 heavy (non-hydrogen) atoms. The van der Waals surface area contributed by atoms with Gasteiger partial charge < -0.3 is 14.9 Å². The van der Waals surface area contributed by atoms with Gasteiger partial charge in [0, 0.05) is 21.5 Å². The maximum Gasteiger partial charge on any atom is 0.258 e. The monoisotopic (exact) mass is 430 g/mol. The average molecular weight is 431 g/mol. The van der Waals surface area contributed by atoms with Gasteiger partial charge in [-0.2, -0.15) is 0 Å². The second kappa shape index (κ2) is 8.26. The number of hydrogen-bond donors (Lipinski definition) is 3. The summed E-state index contributed by atoms with van der Waals surface area (Å²) in [6.07, 6.45) is 2.37. The lowest BCUT2D eigenvalue weighted by atomic mass is 10.1. The van der Waals surface area contributed by atoms with Gasteiger partial charge in [0.05, 0.1) is 18.7 Å². The molecule has 3 aromatic rings. The number of halogens is 1. The van der Waals surface area contributed by atoms with Crippen molar-refractivity contribution in [2.24, 2.45) is 4.99 Å². The second-order valence-electron chi connectivity index (χ2n) is 6.03. The third kappa shape index (κ3) is 4.31. The Hall–Kier alpha value is -2.80. The van der Waals surface area contributed by atoms with Gasteiger partial charge in [0.15, 0.2) is 11.5 Å². The Bertz CT molecular complexity index is 1060.